The molecule has 0 spiro atoms. The zero-order chi connectivity index (χ0) is 17.6. The van der Waals surface area contributed by atoms with Crippen molar-refractivity contribution in [1.29, 1.82) is 0 Å². The Bertz CT molecular complexity index is 180. The Morgan fingerprint density at radius 1 is 0.750 bits per heavy atom. The van der Waals surface area contributed by atoms with Crippen LogP contribution in [0.15, 0.2) is 0 Å². The quantitative estimate of drug-likeness (QED) is 0.559. The van der Waals surface area contributed by atoms with E-state index in [0.717, 1.165) is 0 Å². The summed E-state index contributed by atoms with van der Waals surface area (Å²) in [6.07, 6.45) is 0. The molecule has 0 saturated heterocycles. The molecule has 0 fully saturated rings. The average molecular weight is 463 g/mol. The number of ether oxygens (including phenoxy) is 1. The van der Waals surface area contributed by atoms with Gasteiger partial charge in [0.15, 0.2) is 0 Å². The molecule has 0 unspecified atom stereocenters. The topological polar surface area (TPSA) is 69.9 Å². The molecule has 0 atom stereocenters. The summed E-state index contributed by atoms with van der Waals surface area (Å²) < 4.78 is 7.48. The Hall–Kier alpha value is 0.308. The Labute approximate surface area is 136 Å². The zero-order valence-corrected chi connectivity index (χ0v) is 17.8. The van der Waals surface area contributed by atoms with Gasteiger partial charge >= 0.3 is 41.8 Å². The first-order chi connectivity index (χ1) is 8.41. The molecule has 0 radical (unpaired) electrons. The number of hydrogen-bond acceptors (Lipinski definition) is 4. The molecule has 0 aromatic heterocycles. The van der Waals surface area contributed by atoms with Gasteiger partial charge in [-0.05, 0) is 62.3 Å². The van der Waals surface area contributed by atoms with Crippen molar-refractivity contribution in [2.24, 2.45) is 0 Å². The van der Waals surface area contributed by atoms with Crippen molar-refractivity contribution in [2.45, 2.75) is 79.1 Å². The van der Waals surface area contributed by atoms with Gasteiger partial charge in [-0.25, -0.2) is 0 Å². The Morgan fingerprint density at radius 2 is 0.900 bits per heavy atom. The molecule has 0 rings (SSSR count). The summed E-state index contributed by atoms with van der Waals surface area (Å²) in [5, 5.41) is 25.6. The third kappa shape index (κ3) is 1030. The first-order valence-corrected chi connectivity index (χ1v) is 7.89. The van der Waals surface area contributed by atoms with Gasteiger partial charge < -0.3 is 15.3 Å². The van der Waals surface area contributed by atoms with Gasteiger partial charge in [0.05, 0.1) is 16.8 Å². The molecule has 0 amide bonds. The molecule has 0 heterocycles. The maximum absolute atomic E-state index is 8.52. The van der Waals surface area contributed by atoms with Crippen molar-refractivity contribution in [1.82, 2.24) is 0 Å². The van der Waals surface area contributed by atoms with Crippen LogP contribution < -0.4 is 0 Å². The second kappa shape index (κ2) is 14.3. The van der Waals surface area contributed by atoms with Crippen LogP contribution in [0.25, 0.3) is 0 Å². The van der Waals surface area contributed by atoms with E-state index >= 15 is 0 Å². The van der Waals surface area contributed by atoms with E-state index in [2.05, 4.69) is 8.94 Å². The molecule has 0 aliphatic carbocycles. The Morgan fingerprint density at radius 3 is 0.900 bits per heavy atom. The summed E-state index contributed by atoms with van der Waals surface area (Å²) in [5.41, 5.74) is -1.50. The second-order valence-corrected chi connectivity index (χ2v) is 8.13. The van der Waals surface area contributed by atoms with Crippen molar-refractivity contribution in [3.8, 4) is 4.20 Å². The molecule has 0 aliphatic rings. The number of aliphatic hydroxyl groups is 3. The summed E-state index contributed by atoms with van der Waals surface area (Å²) >= 11 is 1.35. The van der Waals surface area contributed by atoms with E-state index in [0.29, 0.717) is 6.61 Å². The first kappa shape index (κ1) is 28.5. The number of methoxy groups -OCH3 is 1. The SMILES string of the molecule is CC(C)(C)O.CC(C)(C)O.CC(C)(C)O.COC[C]#[W]. The van der Waals surface area contributed by atoms with E-state index in [9.17, 15) is 0 Å². The van der Waals surface area contributed by atoms with Crippen LogP contribution in [-0.4, -0.2) is 45.8 Å². The minimum atomic E-state index is -0.500. The summed E-state index contributed by atoms with van der Waals surface area (Å²) in [7, 11) is 1.66. The summed E-state index contributed by atoms with van der Waals surface area (Å²) in [6, 6.07) is 0. The van der Waals surface area contributed by atoms with Crippen LogP contribution in [0.4, 0.5) is 0 Å². The fourth-order valence-corrected chi connectivity index (χ4v) is 0.482. The van der Waals surface area contributed by atoms with Crippen LogP contribution in [0, 0.1) is 4.20 Å². The molecule has 20 heavy (non-hydrogen) atoms. The normalized spacial score (nSPS) is 10.6. The number of rotatable bonds is 1. The molecule has 0 aromatic rings. The molecular formula is C15H35O4W. The van der Waals surface area contributed by atoms with E-state index in [1.165, 1.54) is 19.2 Å². The van der Waals surface area contributed by atoms with Gasteiger partial charge in [-0.15, -0.1) is 0 Å². The molecule has 0 saturated carbocycles. The molecule has 4 nitrogen and oxygen atoms in total. The summed E-state index contributed by atoms with van der Waals surface area (Å²) in [5.74, 6) is 0. The Balaban J connectivity index is -0.0000000853. The summed E-state index contributed by atoms with van der Waals surface area (Å²) in [4.78, 5) is 0. The fourth-order valence-electron chi connectivity index (χ4n) is 0.0589. The molecule has 0 aromatic carbocycles. The van der Waals surface area contributed by atoms with Crippen LogP contribution in [0.3, 0.4) is 0 Å². The van der Waals surface area contributed by atoms with Gasteiger partial charge in [-0.2, -0.15) is 0 Å². The monoisotopic (exact) mass is 463 g/mol. The van der Waals surface area contributed by atoms with Crippen molar-refractivity contribution >= 4 is 0 Å². The third-order valence-electron chi connectivity index (χ3n) is 0.203. The molecule has 5 heteroatoms. The van der Waals surface area contributed by atoms with Gasteiger partial charge in [0.2, 0.25) is 0 Å². The van der Waals surface area contributed by atoms with Crippen molar-refractivity contribution < 1.29 is 39.2 Å². The van der Waals surface area contributed by atoms with E-state index in [1.807, 2.05) is 0 Å². The molecular weight excluding hydrogens is 428 g/mol. The molecule has 125 valence electrons. The minimum absolute atomic E-state index is 0.500. The van der Waals surface area contributed by atoms with Crippen LogP contribution in [0.1, 0.15) is 62.3 Å². The number of hydrogen-bond donors (Lipinski definition) is 3. The van der Waals surface area contributed by atoms with E-state index < -0.39 is 16.8 Å². The van der Waals surface area contributed by atoms with Gasteiger partial charge in [-0.1, -0.05) is 0 Å². The predicted octanol–water partition coefficient (Wildman–Crippen LogP) is 2.47. The van der Waals surface area contributed by atoms with E-state index in [-0.39, 0.29) is 0 Å². The van der Waals surface area contributed by atoms with Crippen molar-refractivity contribution in [2.75, 3.05) is 13.7 Å². The van der Waals surface area contributed by atoms with Crippen LogP contribution in [-0.2, 0) is 23.9 Å². The van der Waals surface area contributed by atoms with Gasteiger partial charge in [0, 0.05) is 0 Å². The summed E-state index contributed by atoms with van der Waals surface area (Å²) in [6.45, 7) is 16.4. The van der Waals surface area contributed by atoms with E-state index in [4.69, 9.17) is 15.3 Å². The van der Waals surface area contributed by atoms with Gasteiger partial charge in [-0.3, -0.25) is 0 Å². The average Bonchev–Trinajstić information content (AvgIpc) is 1.94. The second-order valence-electron chi connectivity index (χ2n) is 7.09. The van der Waals surface area contributed by atoms with Crippen LogP contribution in [0.5, 0.6) is 0 Å². The van der Waals surface area contributed by atoms with E-state index in [1.54, 1.807) is 69.4 Å². The first-order valence-electron chi connectivity index (χ1n) is 6.43. The van der Waals surface area contributed by atoms with Crippen LogP contribution in [0.2, 0.25) is 0 Å². The predicted molar refractivity (Wildman–Crippen MR) is 81.7 cm³/mol. The molecule has 0 aliphatic heterocycles. The fraction of sp³-hybridized carbons (Fsp3) is 0.933. The molecule has 0 bridgehead atoms. The zero-order valence-electron chi connectivity index (χ0n) is 14.9. The standard InChI is InChI=1S/3C4H10O.C3H5O.W/c3*1-4(2,3)5;1-3-4-2;/h3*5H,1-3H3;3H2,2H3;. The van der Waals surface area contributed by atoms with Crippen LogP contribution >= 0.6 is 0 Å². The Kier molecular flexibility index (Phi) is 20.3. The van der Waals surface area contributed by atoms with Gasteiger partial charge in [0.1, 0.15) is 0 Å². The molecule has 3 N–H and O–H groups in total. The van der Waals surface area contributed by atoms with Crippen molar-refractivity contribution in [3.05, 3.63) is 0 Å². The maximum atomic E-state index is 8.52. The van der Waals surface area contributed by atoms with Gasteiger partial charge in [0.25, 0.3) is 0 Å². The third-order valence-corrected chi connectivity index (χ3v) is 0.627. The van der Waals surface area contributed by atoms with Crippen molar-refractivity contribution in [3.63, 3.8) is 0 Å².